The lowest BCUT2D eigenvalue weighted by molar-refractivity contribution is -0.385. The smallest absolute Gasteiger partial charge is 0.286 e. The Labute approximate surface area is 183 Å². The van der Waals surface area contributed by atoms with E-state index in [1.54, 1.807) is 0 Å². The average molecular weight is 464 g/mol. The van der Waals surface area contributed by atoms with Gasteiger partial charge in [-0.15, -0.1) is 0 Å². The van der Waals surface area contributed by atoms with Crippen molar-refractivity contribution in [1.29, 1.82) is 0 Å². The molecule has 2 amide bonds. The van der Waals surface area contributed by atoms with Crippen molar-refractivity contribution in [2.45, 2.75) is 4.90 Å². The maximum absolute atomic E-state index is 12.9. The molecule has 2 N–H and O–H groups in total. The number of sulfonamides is 1. The highest BCUT2D eigenvalue weighted by Gasteiger charge is 2.30. The number of anilines is 1. The van der Waals surface area contributed by atoms with Gasteiger partial charge in [0.1, 0.15) is 5.56 Å². The third-order valence-electron chi connectivity index (χ3n) is 4.68. The number of ether oxygens (including phenoxy) is 2. The maximum atomic E-state index is 12.9. The van der Waals surface area contributed by atoms with E-state index < -0.39 is 32.4 Å². The molecule has 1 aliphatic heterocycles. The first kappa shape index (κ1) is 23.0. The molecule has 0 aliphatic carbocycles. The molecule has 2 aromatic carbocycles. The average Bonchev–Trinajstić information content (AvgIpc) is 2.78. The van der Waals surface area contributed by atoms with E-state index >= 15 is 0 Å². The predicted molar refractivity (Wildman–Crippen MR) is 112 cm³/mol. The highest BCUT2D eigenvalue weighted by Crippen LogP contribution is 2.35. The molecule has 1 aliphatic rings. The van der Waals surface area contributed by atoms with Crippen molar-refractivity contribution in [2.24, 2.45) is 0 Å². The van der Waals surface area contributed by atoms with Crippen LogP contribution < -0.4 is 20.1 Å². The molecule has 3 rings (SSSR count). The molecule has 12 nitrogen and oxygen atoms in total. The van der Waals surface area contributed by atoms with Gasteiger partial charge in [-0.3, -0.25) is 19.7 Å². The van der Waals surface area contributed by atoms with Gasteiger partial charge in [-0.25, -0.2) is 8.42 Å². The number of rotatable bonds is 7. The maximum Gasteiger partial charge on any atom is 0.286 e. The van der Waals surface area contributed by atoms with E-state index in [9.17, 15) is 28.1 Å². The fourth-order valence-corrected chi connectivity index (χ4v) is 4.55. The lowest BCUT2D eigenvalue weighted by Gasteiger charge is -2.26. The van der Waals surface area contributed by atoms with Crippen molar-refractivity contribution in [3.8, 4) is 11.5 Å². The van der Waals surface area contributed by atoms with Crippen molar-refractivity contribution in [3.05, 3.63) is 52.1 Å². The number of benzene rings is 2. The van der Waals surface area contributed by atoms with E-state index in [4.69, 9.17) is 9.47 Å². The summed E-state index contributed by atoms with van der Waals surface area (Å²) in [5.74, 6) is -1.06. The molecule has 0 aromatic heterocycles. The van der Waals surface area contributed by atoms with Crippen LogP contribution in [0, 0.1) is 10.1 Å². The molecule has 1 fully saturated rings. The first-order valence-electron chi connectivity index (χ1n) is 9.26. The predicted octanol–water partition coefficient (Wildman–Crippen LogP) is 0.985. The SMILES string of the molecule is COc1cc(C(=O)Nc2cccc(S(=O)(=O)N3CCNC(=O)C3)c2)c([N+](=O)[O-])cc1OC. The van der Waals surface area contributed by atoms with Gasteiger partial charge in [-0.2, -0.15) is 4.31 Å². The van der Waals surface area contributed by atoms with Crippen LogP contribution >= 0.6 is 0 Å². The number of nitrogens with zero attached hydrogens (tertiary/aromatic N) is 2. The van der Waals surface area contributed by atoms with Crippen LogP contribution in [0.5, 0.6) is 11.5 Å². The number of hydrogen-bond donors (Lipinski definition) is 2. The summed E-state index contributed by atoms with van der Waals surface area (Å²) in [4.78, 5) is 34.9. The van der Waals surface area contributed by atoms with Gasteiger partial charge in [0.25, 0.3) is 11.6 Å². The third kappa shape index (κ3) is 4.63. The fraction of sp³-hybridized carbons (Fsp3) is 0.263. The molecule has 32 heavy (non-hydrogen) atoms. The zero-order valence-corrected chi connectivity index (χ0v) is 18.0. The van der Waals surface area contributed by atoms with Gasteiger partial charge in [0.2, 0.25) is 15.9 Å². The third-order valence-corrected chi connectivity index (χ3v) is 6.52. The number of amides is 2. The number of piperazine rings is 1. The lowest BCUT2D eigenvalue weighted by atomic mass is 10.1. The zero-order chi connectivity index (χ0) is 23.5. The number of nitro benzene ring substituents is 1. The first-order valence-corrected chi connectivity index (χ1v) is 10.7. The molecule has 1 heterocycles. The minimum atomic E-state index is -3.98. The molecule has 13 heteroatoms. The van der Waals surface area contributed by atoms with E-state index in [-0.39, 0.29) is 47.3 Å². The second kappa shape index (κ2) is 9.20. The topological polar surface area (TPSA) is 157 Å². The zero-order valence-electron chi connectivity index (χ0n) is 17.2. The van der Waals surface area contributed by atoms with Crippen LogP contribution in [-0.4, -0.2) is 63.3 Å². The summed E-state index contributed by atoms with van der Waals surface area (Å²) in [7, 11) is -1.36. The van der Waals surface area contributed by atoms with Gasteiger partial charge in [0.05, 0.1) is 36.6 Å². The molecule has 0 radical (unpaired) electrons. The van der Waals surface area contributed by atoms with Crippen molar-refractivity contribution in [1.82, 2.24) is 9.62 Å². The Morgan fingerprint density at radius 2 is 1.88 bits per heavy atom. The van der Waals surface area contributed by atoms with Crippen LogP contribution in [0.25, 0.3) is 0 Å². The minimum Gasteiger partial charge on any atom is -0.493 e. The fourth-order valence-electron chi connectivity index (χ4n) is 3.10. The number of carbonyl (C=O) groups excluding carboxylic acids is 2. The number of methoxy groups -OCH3 is 2. The summed E-state index contributed by atoms with van der Waals surface area (Å²) in [5, 5.41) is 16.5. The van der Waals surface area contributed by atoms with Crippen LogP contribution in [0.15, 0.2) is 41.3 Å². The van der Waals surface area contributed by atoms with Gasteiger partial charge in [0.15, 0.2) is 11.5 Å². The Morgan fingerprint density at radius 3 is 2.50 bits per heavy atom. The Kier molecular flexibility index (Phi) is 6.60. The largest absolute Gasteiger partial charge is 0.493 e. The Morgan fingerprint density at radius 1 is 1.19 bits per heavy atom. The lowest BCUT2D eigenvalue weighted by Crippen LogP contribution is -2.49. The standard InChI is InChI=1S/C19H20N4O8S/c1-30-16-9-14(15(23(26)27)10-17(16)31-2)19(25)21-12-4-3-5-13(8-12)32(28,29)22-7-6-20-18(24)11-22/h3-5,8-10H,6-7,11H2,1-2H3,(H,20,24)(H,21,25). The normalized spacial score (nSPS) is 14.4. The summed E-state index contributed by atoms with van der Waals surface area (Å²) in [6.45, 7) is -0.00326. The van der Waals surface area contributed by atoms with E-state index in [1.165, 1.54) is 44.6 Å². The highest BCUT2D eigenvalue weighted by atomic mass is 32.2. The van der Waals surface area contributed by atoms with Crippen molar-refractivity contribution < 1.29 is 32.4 Å². The number of hydrogen-bond acceptors (Lipinski definition) is 8. The van der Waals surface area contributed by atoms with Gasteiger partial charge >= 0.3 is 0 Å². The van der Waals surface area contributed by atoms with Crippen LogP contribution in [0.2, 0.25) is 0 Å². The molecule has 0 saturated carbocycles. The first-order chi connectivity index (χ1) is 15.2. The summed E-state index contributed by atoms with van der Waals surface area (Å²) in [5.41, 5.74) is -0.710. The van der Waals surface area contributed by atoms with Gasteiger partial charge in [-0.05, 0) is 18.2 Å². The van der Waals surface area contributed by atoms with Crippen LogP contribution in [0.1, 0.15) is 10.4 Å². The van der Waals surface area contributed by atoms with E-state index in [1.807, 2.05) is 0 Å². The second-order valence-corrected chi connectivity index (χ2v) is 8.59. The number of nitrogens with one attached hydrogen (secondary N) is 2. The van der Waals surface area contributed by atoms with Crippen molar-refractivity contribution >= 4 is 33.2 Å². The van der Waals surface area contributed by atoms with Gasteiger partial charge in [-0.1, -0.05) is 6.07 Å². The van der Waals surface area contributed by atoms with Gasteiger partial charge < -0.3 is 20.1 Å². The van der Waals surface area contributed by atoms with E-state index in [2.05, 4.69) is 10.6 Å². The van der Waals surface area contributed by atoms with E-state index in [0.717, 1.165) is 10.4 Å². The molecule has 0 bridgehead atoms. The summed E-state index contributed by atoms with van der Waals surface area (Å²) in [6.07, 6.45) is 0. The molecular formula is C19H20N4O8S. The van der Waals surface area contributed by atoms with Crippen LogP contribution in [-0.2, 0) is 14.8 Å². The Hall–Kier alpha value is -3.71. The summed E-state index contributed by atoms with van der Waals surface area (Å²) < 4.78 is 36.9. The molecule has 1 saturated heterocycles. The molecule has 170 valence electrons. The second-order valence-electron chi connectivity index (χ2n) is 6.65. The molecule has 0 atom stereocenters. The van der Waals surface area contributed by atoms with E-state index in [0.29, 0.717) is 0 Å². The molecule has 0 unspecified atom stereocenters. The molecular weight excluding hydrogens is 444 g/mol. The minimum absolute atomic E-state index is 0.0782. The molecule has 0 spiro atoms. The van der Waals surface area contributed by atoms with Gasteiger partial charge in [0, 0.05) is 24.8 Å². The summed E-state index contributed by atoms with van der Waals surface area (Å²) in [6, 6.07) is 7.62. The Balaban J connectivity index is 1.91. The molecule has 2 aromatic rings. The quantitative estimate of drug-likeness (QED) is 0.453. The van der Waals surface area contributed by atoms with Crippen LogP contribution in [0.4, 0.5) is 11.4 Å². The van der Waals surface area contributed by atoms with Crippen molar-refractivity contribution in [3.63, 3.8) is 0 Å². The number of carbonyl (C=O) groups is 2. The van der Waals surface area contributed by atoms with Crippen molar-refractivity contribution in [2.75, 3.05) is 39.2 Å². The van der Waals surface area contributed by atoms with Crippen LogP contribution in [0.3, 0.4) is 0 Å². The number of nitro groups is 1. The Bertz CT molecular complexity index is 1180. The monoisotopic (exact) mass is 464 g/mol. The summed E-state index contributed by atoms with van der Waals surface area (Å²) >= 11 is 0. The highest BCUT2D eigenvalue weighted by molar-refractivity contribution is 7.89.